The van der Waals surface area contributed by atoms with Gasteiger partial charge in [0.25, 0.3) is 0 Å². The molecule has 1 N–H and O–H groups in total. The lowest BCUT2D eigenvalue weighted by Crippen LogP contribution is -1.98. The van der Waals surface area contributed by atoms with Gasteiger partial charge < -0.3 is 9.84 Å². The van der Waals surface area contributed by atoms with Crippen LogP contribution < -0.4 is 0 Å². The van der Waals surface area contributed by atoms with Crippen molar-refractivity contribution in [1.29, 1.82) is 0 Å². The normalized spacial score (nSPS) is 10.3. The number of aliphatic hydroxyl groups excluding tert-OH is 1. The van der Waals surface area contributed by atoms with Crippen molar-refractivity contribution in [1.82, 2.24) is 0 Å². The van der Waals surface area contributed by atoms with Crippen molar-refractivity contribution < 1.29 is 14.6 Å². The quantitative estimate of drug-likeness (QED) is 0.388. The molecule has 0 heterocycles. The first kappa shape index (κ1) is 13.5. The van der Waals surface area contributed by atoms with Crippen molar-refractivity contribution in [3.8, 4) is 0 Å². The summed E-state index contributed by atoms with van der Waals surface area (Å²) in [6, 6.07) is 0. The SMILES string of the molecule is C=C(C)C(=O)OC.C=CC(C)O. The van der Waals surface area contributed by atoms with Crippen molar-refractivity contribution in [2.45, 2.75) is 20.0 Å². The van der Waals surface area contributed by atoms with E-state index < -0.39 is 0 Å². The zero-order valence-corrected chi connectivity index (χ0v) is 7.83. The van der Waals surface area contributed by atoms with E-state index in [-0.39, 0.29) is 12.1 Å². The molecular formula is C9H16O3. The zero-order valence-electron chi connectivity index (χ0n) is 7.83. The average Bonchev–Trinajstić information content (AvgIpc) is 2.04. The Balaban J connectivity index is 0. The van der Waals surface area contributed by atoms with Gasteiger partial charge in [0.15, 0.2) is 0 Å². The second kappa shape index (κ2) is 8.01. The number of esters is 1. The molecule has 0 aliphatic heterocycles. The van der Waals surface area contributed by atoms with E-state index in [0.29, 0.717) is 5.57 Å². The molecule has 0 amide bonds. The van der Waals surface area contributed by atoms with Gasteiger partial charge in [-0.3, -0.25) is 0 Å². The van der Waals surface area contributed by atoms with E-state index in [1.807, 2.05) is 0 Å². The number of hydrogen-bond donors (Lipinski definition) is 1. The Morgan fingerprint density at radius 2 is 2.00 bits per heavy atom. The maximum atomic E-state index is 10.2. The van der Waals surface area contributed by atoms with Gasteiger partial charge in [-0.25, -0.2) is 4.79 Å². The average molecular weight is 172 g/mol. The summed E-state index contributed by atoms with van der Waals surface area (Å²) < 4.78 is 4.27. The Hall–Kier alpha value is -1.09. The first-order valence-corrected chi connectivity index (χ1v) is 3.50. The van der Waals surface area contributed by atoms with Gasteiger partial charge in [-0.15, -0.1) is 6.58 Å². The first-order chi connectivity index (χ1) is 5.45. The lowest BCUT2D eigenvalue weighted by atomic mass is 10.4. The highest BCUT2D eigenvalue weighted by molar-refractivity contribution is 5.86. The van der Waals surface area contributed by atoms with Crippen molar-refractivity contribution in [2.24, 2.45) is 0 Å². The Bertz CT molecular complexity index is 159. The van der Waals surface area contributed by atoms with Crippen molar-refractivity contribution in [3.05, 3.63) is 24.8 Å². The van der Waals surface area contributed by atoms with Gasteiger partial charge >= 0.3 is 5.97 Å². The molecule has 0 spiro atoms. The number of aliphatic hydroxyl groups is 1. The summed E-state index contributed by atoms with van der Waals surface area (Å²) in [7, 11) is 1.33. The Morgan fingerprint density at radius 3 is 2.00 bits per heavy atom. The minimum Gasteiger partial charge on any atom is -0.466 e. The summed E-state index contributed by atoms with van der Waals surface area (Å²) in [5, 5.41) is 8.24. The van der Waals surface area contributed by atoms with Gasteiger partial charge in [-0.2, -0.15) is 0 Å². The predicted molar refractivity (Wildman–Crippen MR) is 48.7 cm³/mol. The summed E-state index contributed by atoms with van der Waals surface area (Å²) in [6.07, 6.45) is 1.12. The summed E-state index contributed by atoms with van der Waals surface area (Å²) in [5.74, 6) is -0.347. The van der Waals surface area contributed by atoms with E-state index in [1.165, 1.54) is 13.2 Å². The van der Waals surface area contributed by atoms with Crippen LogP contribution in [0, 0.1) is 0 Å². The maximum absolute atomic E-state index is 10.2. The van der Waals surface area contributed by atoms with Crippen molar-refractivity contribution in [2.75, 3.05) is 7.11 Å². The minimum absolute atomic E-state index is 0.347. The summed E-state index contributed by atoms with van der Waals surface area (Å²) in [6.45, 7) is 9.92. The summed E-state index contributed by atoms with van der Waals surface area (Å²) in [5.41, 5.74) is 0.433. The Labute approximate surface area is 73.4 Å². The molecule has 0 rings (SSSR count). The fraction of sp³-hybridized carbons (Fsp3) is 0.444. The molecule has 1 atom stereocenters. The van der Waals surface area contributed by atoms with Gasteiger partial charge in [0.2, 0.25) is 0 Å². The maximum Gasteiger partial charge on any atom is 0.332 e. The highest BCUT2D eigenvalue weighted by Gasteiger charge is 1.95. The van der Waals surface area contributed by atoms with Gasteiger partial charge in [0.05, 0.1) is 13.2 Å². The third kappa shape index (κ3) is 11.7. The minimum atomic E-state index is -0.352. The van der Waals surface area contributed by atoms with E-state index in [0.717, 1.165) is 0 Å². The topological polar surface area (TPSA) is 46.5 Å². The van der Waals surface area contributed by atoms with E-state index >= 15 is 0 Å². The molecule has 0 aromatic heterocycles. The molecule has 0 fully saturated rings. The largest absolute Gasteiger partial charge is 0.466 e. The number of methoxy groups -OCH3 is 1. The van der Waals surface area contributed by atoms with Crippen LogP contribution in [-0.4, -0.2) is 24.3 Å². The molecule has 0 bridgehead atoms. The molecule has 0 aliphatic rings. The molecule has 3 nitrogen and oxygen atoms in total. The van der Waals surface area contributed by atoms with Crippen LogP contribution in [0.5, 0.6) is 0 Å². The van der Waals surface area contributed by atoms with Crippen LogP contribution in [-0.2, 0) is 9.53 Å². The van der Waals surface area contributed by atoms with E-state index in [9.17, 15) is 4.79 Å². The fourth-order valence-electron chi connectivity index (χ4n) is 0.174. The standard InChI is InChI=1S/C5H8O2.C4H8O/c1-4(2)5(6)7-3;1-3-4(2)5/h1H2,2-3H3;3-5H,1H2,2H3. The molecule has 0 aliphatic carbocycles. The molecule has 70 valence electrons. The van der Waals surface area contributed by atoms with Crippen molar-refractivity contribution in [3.63, 3.8) is 0 Å². The molecule has 0 saturated carbocycles. The lowest BCUT2D eigenvalue weighted by Gasteiger charge is -1.91. The molecule has 0 saturated heterocycles. The van der Waals surface area contributed by atoms with Crippen LogP contribution in [0.4, 0.5) is 0 Å². The van der Waals surface area contributed by atoms with E-state index in [2.05, 4.69) is 17.9 Å². The third-order valence-corrected chi connectivity index (χ3v) is 0.875. The van der Waals surface area contributed by atoms with E-state index in [1.54, 1.807) is 13.8 Å². The fourth-order valence-corrected chi connectivity index (χ4v) is 0.174. The monoisotopic (exact) mass is 172 g/mol. The van der Waals surface area contributed by atoms with Crippen LogP contribution in [0.2, 0.25) is 0 Å². The molecule has 12 heavy (non-hydrogen) atoms. The highest BCUT2D eigenvalue weighted by Crippen LogP contribution is 1.87. The Morgan fingerprint density at radius 1 is 1.67 bits per heavy atom. The number of carbonyl (C=O) groups excluding carboxylic acids is 1. The van der Waals surface area contributed by atoms with E-state index in [4.69, 9.17) is 5.11 Å². The lowest BCUT2D eigenvalue weighted by molar-refractivity contribution is -0.136. The summed E-state index contributed by atoms with van der Waals surface area (Å²) in [4.78, 5) is 10.2. The predicted octanol–water partition coefficient (Wildman–Crippen LogP) is 1.29. The molecule has 3 heteroatoms. The molecule has 0 radical (unpaired) electrons. The van der Waals surface area contributed by atoms with Gasteiger partial charge in [0.1, 0.15) is 0 Å². The van der Waals surface area contributed by atoms with Gasteiger partial charge in [-0.1, -0.05) is 12.7 Å². The smallest absolute Gasteiger partial charge is 0.332 e. The van der Waals surface area contributed by atoms with Gasteiger partial charge in [0, 0.05) is 5.57 Å². The third-order valence-electron chi connectivity index (χ3n) is 0.875. The second-order valence-corrected chi connectivity index (χ2v) is 2.25. The van der Waals surface area contributed by atoms with Gasteiger partial charge in [-0.05, 0) is 13.8 Å². The highest BCUT2D eigenvalue weighted by atomic mass is 16.5. The first-order valence-electron chi connectivity index (χ1n) is 3.50. The zero-order chi connectivity index (χ0) is 10.1. The number of ether oxygens (including phenoxy) is 1. The molecule has 1 unspecified atom stereocenters. The molecular weight excluding hydrogens is 156 g/mol. The van der Waals surface area contributed by atoms with Crippen LogP contribution in [0.25, 0.3) is 0 Å². The number of rotatable bonds is 2. The molecule has 0 aromatic rings. The van der Waals surface area contributed by atoms with Crippen LogP contribution >= 0.6 is 0 Å². The molecule has 0 aromatic carbocycles. The summed E-state index contributed by atoms with van der Waals surface area (Å²) >= 11 is 0. The number of carbonyl (C=O) groups is 1. The Kier molecular flexibility index (Phi) is 9.01. The van der Waals surface area contributed by atoms with Crippen LogP contribution in [0.15, 0.2) is 24.8 Å². The number of hydrogen-bond acceptors (Lipinski definition) is 3. The van der Waals surface area contributed by atoms with Crippen molar-refractivity contribution >= 4 is 5.97 Å². The van der Waals surface area contributed by atoms with Crippen LogP contribution in [0.1, 0.15) is 13.8 Å². The van der Waals surface area contributed by atoms with Crippen LogP contribution in [0.3, 0.4) is 0 Å². The second-order valence-electron chi connectivity index (χ2n) is 2.25.